The number of hydrogen-bond donors (Lipinski definition) is 2. The van der Waals surface area contributed by atoms with Gasteiger partial charge in [0.15, 0.2) is 0 Å². The summed E-state index contributed by atoms with van der Waals surface area (Å²) >= 11 is 0. The molecule has 0 aliphatic carbocycles. The van der Waals surface area contributed by atoms with Crippen molar-refractivity contribution in [3.05, 3.63) is 51.8 Å². The molecule has 2 rings (SSSR count). The summed E-state index contributed by atoms with van der Waals surface area (Å²) < 4.78 is 0. The van der Waals surface area contributed by atoms with E-state index in [9.17, 15) is 0 Å². The maximum Gasteiger partial charge on any atom is 0.0535 e. The average molecular weight is 243 g/mol. The number of aromatic amines is 1. The Bertz CT molecular complexity index is 517. The van der Waals surface area contributed by atoms with Crippen LogP contribution in [0.15, 0.2) is 18.3 Å². The van der Waals surface area contributed by atoms with E-state index in [-0.39, 0.29) is 0 Å². The summed E-state index contributed by atoms with van der Waals surface area (Å²) in [5.74, 6) is 0. The molecule has 0 fully saturated rings. The summed E-state index contributed by atoms with van der Waals surface area (Å²) in [6, 6.07) is 4.49. The molecule has 0 spiro atoms. The van der Waals surface area contributed by atoms with Crippen LogP contribution in [-0.2, 0) is 13.1 Å². The zero-order chi connectivity index (χ0) is 13.1. The third-order valence-electron chi connectivity index (χ3n) is 3.39. The molecule has 2 aromatic rings. The molecule has 3 nitrogen and oxygen atoms in total. The molecule has 1 aromatic heterocycles. The zero-order valence-corrected chi connectivity index (χ0v) is 11.6. The van der Waals surface area contributed by atoms with Crippen LogP contribution in [0.5, 0.6) is 0 Å². The van der Waals surface area contributed by atoms with Crippen LogP contribution in [0.1, 0.15) is 33.5 Å². The van der Waals surface area contributed by atoms with Crippen LogP contribution in [0.2, 0.25) is 0 Å². The van der Waals surface area contributed by atoms with Crippen molar-refractivity contribution in [2.45, 2.75) is 40.8 Å². The summed E-state index contributed by atoms with van der Waals surface area (Å²) in [4.78, 5) is 0. The molecular weight excluding hydrogens is 222 g/mol. The molecule has 0 aliphatic heterocycles. The predicted octanol–water partition coefficient (Wildman–Crippen LogP) is 2.93. The highest BCUT2D eigenvalue weighted by atomic mass is 15.1. The van der Waals surface area contributed by atoms with Crippen molar-refractivity contribution in [3.63, 3.8) is 0 Å². The third kappa shape index (κ3) is 2.79. The van der Waals surface area contributed by atoms with E-state index in [0.29, 0.717) is 0 Å². The van der Waals surface area contributed by atoms with Gasteiger partial charge in [0.1, 0.15) is 0 Å². The van der Waals surface area contributed by atoms with Crippen LogP contribution in [0.3, 0.4) is 0 Å². The topological polar surface area (TPSA) is 40.7 Å². The Hall–Kier alpha value is -1.61. The van der Waals surface area contributed by atoms with Gasteiger partial charge in [-0.3, -0.25) is 5.10 Å². The number of aryl methyl sites for hydroxylation is 4. The van der Waals surface area contributed by atoms with Gasteiger partial charge in [-0.25, -0.2) is 0 Å². The van der Waals surface area contributed by atoms with Gasteiger partial charge >= 0.3 is 0 Å². The fourth-order valence-corrected chi connectivity index (χ4v) is 2.36. The van der Waals surface area contributed by atoms with Crippen molar-refractivity contribution in [3.8, 4) is 0 Å². The van der Waals surface area contributed by atoms with E-state index >= 15 is 0 Å². The number of nitrogens with zero attached hydrogens (tertiary/aromatic N) is 1. The van der Waals surface area contributed by atoms with Crippen LogP contribution in [-0.4, -0.2) is 10.2 Å². The number of nitrogens with one attached hydrogen (secondary N) is 2. The summed E-state index contributed by atoms with van der Waals surface area (Å²) in [5, 5.41) is 10.5. The van der Waals surface area contributed by atoms with Crippen molar-refractivity contribution in [1.82, 2.24) is 15.5 Å². The highest BCUT2D eigenvalue weighted by Gasteiger charge is 2.04. The Labute approximate surface area is 109 Å². The smallest absolute Gasteiger partial charge is 0.0535 e. The van der Waals surface area contributed by atoms with Gasteiger partial charge in [-0.05, 0) is 44.4 Å². The second-order valence-electron chi connectivity index (χ2n) is 5.00. The van der Waals surface area contributed by atoms with E-state index in [1.165, 1.54) is 27.8 Å². The number of H-pyrrole nitrogens is 1. The monoisotopic (exact) mass is 243 g/mol. The molecule has 18 heavy (non-hydrogen) atoms. The Balaban J connectivity index is 2.01. The fraction of sp³-hybridized carbons (Fsp3) is 0.400. The lowest BCUT2D eigenvalue weighted by atomic mass is 10.00. The molecule has 0 saturated heterocycles. The molecule has 0 atom stereocenters. The van der Waals surface area contributed by atoms with Gasteiger partial charge in [-0.2, -0.15) is 5.10 Å². The zero-order valence-electron chi connectivity index (χ0n) is 11.6. The second-order valence-corrected chi connectivity index (χ2v) is 5.00. The van der Waals surface area contributed by atoms with Gasteiger partial charge in [0.25, 0.3) is 0 Å². The third-order valence-corrected chi connectivity index (χ3v) is 3.39. The van der Waals surface area contributed by atoms with Crippen LogP contribution < -0.4 is 5.32 Å². The quantitative estimate of drug-likeness (QED) is 0.867. The van der Waals surface area contributed by atoms with Crippen molar-refractivity contribution in [1.29, 1.82) is 0 Å². The maximum atomic E-state index is 4.03. The van der Waals surface area contributed by atoms with Gasteiger partial charge in [-0.1, -0.05) is 17.7 Å². The number of rotatable bonds is 4. The van der Waals surface area contributed by atoms with Crippen molar-refractivity contribution < 1.29 is 0 Å². The highest BCUT2D eigenvalue weighted by molar-refractivity contribution is 5.37. The first kappa shape index (κ1) is 12.8. The number of hydrogen-bond acceptors (Lipinski definition) is 2. The Morgan fingerprint density at radius 2 is 1.72 bits per heavy atom. The Morgan fingerprint density at radius 3 is 2.28 bits per heavy atom. The van der Waals surface area contributed by atoms with Gasteiger partial charge < -0.3 is 5.32 Å². The summed E-state index contributed by atoms with van der Waals surface area (Å²) in [7, 11) is 0. The van der Waals surface area contributed by atoms with E-state index in [4.69, 9.17) is 0 Å². The first-order chi connectivity index (χ1) is 8.58. The van der Waals surface area contributed by atoms with Gasteiger partial charge in [0.05, 0.1) is 6.20 Å². The fourth-order valence-electron chi connectivity index (χ4n) is 2.36. The summed E-state index contributed by atoms with van der Waals surface area (Å²) in [6.45, 7) is 10.3. The molecule has 3 heteroatoms. The predicted molar refractivity (Wildman–Crippen MR) is 74.5 cm³/mol. The van der Waals surface area contributed by atoms with E-state index in [1.807, 2.05) is 13.1 Å². The van der Waals surface area contributed by atoms with Gasteiger partial charge in [0.2, 0.25) is 0 Å². The molecule has 0 aliphatic rings. The summed E-state index contributed by atoms with van der Waals surface area (Å²) in [6.07, 6.45) is 1.89. The Kier molecular flexibility index (Phi) is 3.82. The molecule has 1 aromatic carbocycles. The van der Waals surface area contributed by atoms with Gasteiger partial charge in [-0.15, -0.1) is 0 Å². The van der Waals surface area contributed by atoms with Crippen LogP contribution in [0.25, 0.3) is 0 Å². The molecule has 0 bridgehead atoms. The molecule has 0 unspecified atom stereocenters. The van der Waals surface area contributed by atoms with E-state index in [1.54, 1.807) is 0 Å². The van der Waals surface area contributed by atoms with E-state index < -0.39 is 0 Å². The minimum atomic E-state index is 0.856. The van der Waals surface area contributed by atoms with Crippen molar-refractivity contribution in [2.24, 2.45) is 0 Å². The number of benzene rings is 1. The summed E-state index contributed by atoms with van der Waals surface area (Å²) in [5.41, 5.74) is 7.84. The molecule has 1 heterocycles. The molecule has 96 valence electrons. The highest BCUT2D eigenvalue weighted by Crippen LogP contribution is 2.16. The van der Waals surface area contributed by atoms with E-state index in [0.717, 1.165) is 18.8 Å². The van der Waals surface area contributed by atoms with Gasteiger partial charge in [0, 0.05) is 24.3 Å². The lowest BCUT2D eigenvalue weighted by Crippen LogP contribution is -2.14. The lowest BCUT2D eigenvalue weighted by molar-refractivity contribution is 0.685. The van der Waals surface area contributed by atoms with E-state index in [2.05, 4.69) is 48.4 Å². The lowest BCUT2D eigenvalue weighted by Gasteiger charge is -2.12. The Morgan fingerprint density at radius 1 is 1.06 bits per heavy atom. The van der Waals surface area contributed by atoms with Crippen LogP contribution in [0.4, 0.5) is 0 Å². The largest absolute Gasteiger partial charge is 0.308 e. The first-order valence-corrected chi connectivity index (χ1v) is 6.34. The normalized spacial score (nSPS) is 10.9. The maximum absolute atomic E-state index is 4.03. The molecule has 0 radical (unpaired) electrons. The van der Waals surface area contributed by atoms with Crippen molar-refractivity contribution >= 4 is 0 Å². The molecular formula is C15H21N3. The SMILES string of the molecule is Cc1cc(C)c(CNCc2cn[nH]c2C)c(C)c1. The molecule has 0 amide bonds. The minimum absolute atomic E-state index is 0.856. The van der Waals surface area contributed by atoms with Crippen LogP contribution in [0, 0.1) is 27.7 Å². The minimum Gasteiger partial charge on any atom is -0.308 e. The molecule has 0 saturated carbocycles. The first-order valence-electron chi connectivity index (χ1n) is 6.34. The average Bonchev–Trinajstić information content (AvgIpc) is 2.68. The molecule has 2 N–H and O–H groups in total. The van der Waals surface area contributed by atoms with Crippen molar-refractivity contribution in [2.75, 3.05) is 0 Å². The second kappa shape index (κ2) is 5.36. The standard InChI is InChI=1S/C15H21N3/c1-10-5-11(2)15(12(3)6-10)9-16-7-14-8-17-18-13(14)4/h5-6,8,16H,7,9H2,1-4H3,(H,17,18). The van der Waals surface area contributed by atoms with Crippen LogP contribution >= 0.6 is 0 Å². The number of aromatic nitrogens is 2.